The average molecular weight is 325 g/mol. The number of aromatic nitrogens is 2. The second-order valence-corrected chi connectivity index (χ2v) is 6.92. The van der Waals surface area contributed by atoms with Gasteiger partial charge in [-0.15, -0.1) is 0 Å². The van der Waals surface area contributed by atoms with Gasteiger partial charge in [-0.3, -0.25) is 9.48 Å². The number of benzene rings is 1. The molecule has 2 aromatic rings. The lowest BCUT2D eigenvalue weighted by molar-refractivity contribution is -0.132. The largest absolute Gasteiger partial charge is 0.342 e. The number of hydrogen-bond donors (Lipinski definition) is 0. The lowest BCUT2D eigenvalue weighted by atomic mass is 9.91. The molecule has 0 bridgehead atoms. The second-order valence-electron chi connectivity index (χ2n) is 6.92. The molecular weight excluding hydrogens is 298 g/mol. The molecule has 1 atom stereocenters. The molecule has 1 aromatic carbocycles. The highest BCUT2D eigenvalue weighted by molar-refractivity contribution is 5.76. The monoisotopic (exact) mass is 325 g/mol. The molecule has 0 radical (unpaired) electrons. The third kappa shape index (κ3) is 4.05. The van der Waals surface area contributed by atoms with Gasteiger partial charge in [-0.05, 0) is 49.7 Å². The van der Waals surface area contributed by atoms with Crippen molar-refractivity contribution in [2.24, 2.45) is 13.0 Å². The van der Waals surface area contributed by atoms with Gasteiger partial charge in [0.2, 0.25) is 5.91 Å². The van der Waals surface area contributed by atoms with Crippen molar-refractivity contribution in [3.05, 3.63) is 53.3 Å². The number of carbonyl (C=O) groups is 1. The summed E-state index contributed by atoms with van der Waals surface area (Å²) in [7, 11) is 1.94. The number of rotatable bonds is 5. The Hall–Kier alpha value is -2.10. The Labute approximate surface area is 144 Å². The molecule has 4 heteroatoms. The van der Waals surface area contributed by atoms with Crippen molar-refractivity contribution in [1.82, 2.24) is 14.7 Å². The maximum absolute atomic E-state index is 12.6. The fraction of sp³-hybridized carbons (Fsp3) is 0.500. The SMILES string of the molecule is Cc1c(CCC(=O)N2CCCC(Cc3ccccc3)C2)cnn1C. The summed E-state index contributed by atoms with van der Waals surface area (Å²) in [4.78, 5) is 14.7. The van der Waals surface area contributed by atoms with Crippen molar-refractivity contribution in [3.63, 3.8) is 0 Å². The molecule has 1 aliphatic rings. The lowest BCUT2D eigenvalue weighted by Crippen LogP contribution is -2.40. The number of carbonyl (C=O) groups excluding carboxylic acids is 1. The first kappa shape index (κ1) is 16.7. The highest BCUT2D eigenvalue weighted by Gasteiger charge is 2.23. The average Bonchev–Trinajstić information content (AvgIpc) is 2.93. The zero-order valence-electron chi connectivity index (χ0n) is 14.7. The molecule has 128 valence electrons. The van der Waals surface area contributed by atoms with Gasteiger partial charge >= 0.3 is 0 Å². The normalized spacial score (nSPS) is 17.9. The van der Waals surface area contributed by atoms with E-state index in [0.717, 1.165) is 38.0 Å². The van der Waals surface area contributed by atoms with Crippen molar-refractivity contribution in [2.45, 2.75) is 39.0 Å². The van der Waals surface area contributed by atoms with E-state index in [1.54, 1.807) is 0 Å². The summed E-state index contributed by atoms with van der Waals surface area (Å²) in [6.45, 7) is 3.87. The quantitative estimate of drug-likeness (QED) is 0.847. The summed E-state index contributed by atoms with van der Waals surface area (Å²) in [6.07, 6.45) is 6.68. The van der Waals surface area contributed by atoms with Gasteiger partial charge in [0, 0.05) is 32.3 Å². The standard InChI is InChI=1S/C20H27N3O/c1-16-19(14-21-22(16)2)10-11-20(24)23-12-6-9-18(15-23)13-17-7-4-3-5-8-17/h3-5,7-8,14,18H,6,9-13,15H2,1-2H3. The molecular formula is C20H27N3O. The minimum atomic E-state index is 0.288. The maximum atomic E-state index is 12.6. The van der Waals surface area contributed by atoms with E-state index < -0.39 is 0 Å². The Balaban J connectivity index is 1.52. The Bertz CT molecular complexity index is 677. The Morgan fingerprint density at radius 1 is 1.29 bits per heavy atom. The Kier molecular flexibility index (Phi) is 5.34. The summed E-state index contributed by atoms with van der Waals surface area (Å²) in [6, 6.07) is 10.6. The molecule has 24 heavy (non-hydrogen) atoms. The molecule has 1 saturated heterocycles. The molecule has 1 aliphatic heterocycles. The van der Waals surface area contributed by atoms with Crippen molar-refractivity contribution in [1.29, 1.82) is 0 Å². The minimum absolute atomic E-state index is 0.288. The van der Waals surface area contributed by atoms with E-state index in [1.807, 2.05) is 17.9 Å². The summed E-state index contributed by atoms with van der Waals surface area (Å²) < 4.78 is 1.87. The van der Waals surface area contributed by atoms with E-state index >= 15 is 0 Å². The van der Waals surface area contributed by atoms with E-state index in [0.29, 0.717) is 12.3 Å². The van der Waals surface area contributed by atoms with Crippen LogP contribution in [0.4, 0.5) is 0 Å². The molecule has 4 nitrogen and oxygen atoms in total. The van der Waals surface area contributed by atoms with Crippen molar-refractivity contribution < 1.29 is 4.79 Å². The van der Waals surface area contributed by atoms with Crippen LogP contribution in [0.1, 0.15) is 36.1 Å². The summed E-state index contributed by atoms with van der Waals surface area (Å²) >= 11 is 0. The summed E-state index contributed by atoms with van der Waals surface area (Å²) in [5.74, 6) is 0.876. The first-order chi connectivity index (χ1) is 11.6. The first-order valence-electron chi connectivity index (χ1n) is 8.92. The molecule has 3 rings (SSSR count). The summed E-state index contributed by atoms with van der Waals surface area (Å²) in [5, 5.41) is 4.26. The van der Waals surface area contributed by atoms with Crippen LogP contribution in [-0.2, 0) is 24.7 Å². The van der Waals surface area contributed by atoms with Gasteiger partial charge in [0.05, 0.1) is 6.20 Å². The van der Waals surface area contributed by atoms with E-state index in [4.69, 9.17) is 0 Å². The zero-order chi connectivity index (χ0) is 16.9. The molecule has 0 spiro atoms. The topological polar surface area (TPSA) is 38.1 Å². The number of amides is 1. The first-order valence-corrected chi connectivity index (χ1v) is 8.92. The van der Waals surface area contributed by atoms with Gasteiger partial charge in [0.1, 0.15) is 0 Å². The van der Waals surface area contributed by atoms with Crippen molar-refractivity contribution >= 4 is 5.91 Å². The third-order valence-corrected chi connectivity index (χ3v) is 5.18. The smallest absolute Gasteiger partial charge is 0.222 e. The molecule has 0 N–H and O–H groups in total. The van der Waals surface area contributed by atoms with E-state index in [9.17, 15) is 4.79 Å². The highest BCUT2D eigenvalue weighted by atomic mass is 16.2. The minimum Gasteiger partial charge on any atom is -0.342 e. The van der Waals surface area contributed by atoms with Crippen LogP contribution < -0.4 is 0 Å². The van der Waals surface area contributed by atoms with Crippen LogP contribution in [0.2, 0.25) is 0 Å². The van der Waals surface area contributed by atoms with E-state index in [2.05, 4.69) is 47.3 Å². The molecule has 1 fully saturated rings. The lowest BCUT2D eigenvalue weighted by Gasteiger charge is -2.33. The fourth-order valence-corrected chi connectivity index (χ4v) is 3.59. The van der Waals surface area contributed by atoms with Crippen LogP contribution in [0.15, 0.2) is 36.5 Å². The number of piperidine rings is 1. The second kappa shape index (κ2) is 7.65. The molecule has 1 amide bonds. The molecule has 1 unspecified atom stereocenters. The van der Waals surface area contributed by atoms with E-state index in [-0.39, 0.29) is 5.91 Å². The molecule has 0 aliphatic carbocycles. The fourth-order valence-electron chi connectivity index (χ4n) is 3.59. The van der Waals surface area contributed by atoms with E-state index in [1.165, 1.54) is 17.5 Å². The third-order valence-electron chi connectivity index (χ3n) is 5.18. The van der Waals surface area contributed by atoms with Crippen molar-refractivity contribution in [2.75, 3.05) is 13.1 Å². The number of aryl methyl sites for hydroxylation is 2. The van der Waals surface area contributed by atoms with Gasteiger partial charge in [-0.2, -0.15) is 5.10 Å². The van der Waals surface area contributed by atoms with Crippen LogP contribution in [0.5, 0.6) is 0 Å². The highest BCUT2D eigenvalue weighted by Crippen LogP contribution is 2.22. The molecule has 1 aromatic heterocycles. The molecule has 2 heterocycles. The predicted molar refractivity (Wildman–Crippen MR) is 95.7 cm³/mol. The van der Waals surface area contributed by atoms with Gasteiger partial charge in [0.25, 0.3) is 0 Å². The Morgan fingerprint density at radius 3 is 2.79 bits per heavy atom. The van der Waals surface area contributed by atoms with Gasteiger partial charge in [-0.1, -0.05) is 30.3 Å². The number of hydrogen-bond acceptors (Lipinski definition) is 2. The van der Waals surface area contributed by atoms with Crippen LogP contribution in [0, 0.1) is 12.8 Å². The predicted octanol–water partition coefficient (Wildman–Crippen LogP) is 3.14. The van der Waals surface area contributed by atoms with Crippen LogP contribution in [0.3, 0.4) is 0 Å². The summed E-state index contributed by atoms with van der Waals surface area (Å²) in [5.41, 5.74) is 3.72. The van der Waals surface area contributed by atoms with Gasteiger partial charge in [-0.25, -0.2) is 0 Å². The van der Waals surface area contributed by atoms with Crippen LogP contribution >= 0.6 is 0 Å². The van der Waals surface area contributed by atoms with Gasteiger partial charge in [0.15, 0.2) is 0 Å². The Morgan fingerprint density at radius 2 is 2.08 bits per heavy atom. The van der Waals surface area contributed by atoms with Crippen molar-refractivity contribution in [3.8, 4) is 0 Å². The maximum Gasteiger partial charge on any atom is 0.222 e. The van der Waals surface area contributed by atoms with Crippen LogP contribution in [-0.4, -0.2) is 33.7 Å². The van der Waals surface area contributed by atoms with Crippen LogP contribution in [0.25, 0.3) is 0 Å². The van der Waals surface area contributed by atoms with Gasteiger partial charge < -0.3 is 4.90 Å². The number of likely N-dealkylation sites (tertiary alicyclic amines) is 1. The molecule has 0 saturated carbocycles. The number of nitrogens with zero attached hydrogens (tertiary/aromatic N) is 3. The zero-order valence-corrected chi connectivity index (χ0v) is 14.7.